The average molecular weight is 377 g/mol. The summed E-state index contributed by atoms with van der Waals surface area (Å²) in [6.45, 7) is 0.202. The first kappa shape index (κ1) is 17.9. The SMILES string of the molecule is O=C1C(O)=C(c2ccc(F)cc2)[C@@H](c2ccccc2F)N1Cc1ccccc1. The lowest BCUT2D eigenvalue weighted by Crippen LogP contribution is -2.30. The van der Waals surface area contributed by atoms with Crippen molar-refractivity contribution in [3.8, 4) is 0 Å². The molecule has 0 aromatic heterocycles. The van der Waals surface area contributed by atoms with Crippen molar-refractivity contribution in [3.05, 3.63) is 113 Å². The number of carbonyl (C=O) groups excluding carboxylic acids is 1. The van der Waals surface area contributed by atoms with Gasteiger partial charge in [0, 0.05) is 17.7 Å². The Balaban J connectivity index is 1.84. The molecule has 0 radical (unpaired) electrons. The zero-order valence-corrected chi connectivity index (χ0v) is 14.8. The number of aliphatic hydroxyl groups is 1. The van der Waals surface area contributed by atoms with Gasteiger partial charge < -0.3 is 10.0 Å². The van der Waals surface area contributed by atoms with Gasteiger partial charge in [0.25, 0.3) is 5.91 Å². The van der Waals surface area contributed by atoms with E-state index in [1.165, 1.54) is 35.2 Å². The predicted molar refractivity (Wildman–Crippen MR) is 102 cm³/mol. The van der Waals surface area contributed by atoms with Gasteiger partial charge in [-0.15, -0.1) is 0 Å². The van der Waals surface area contributed by atoms with Crippen LogP contribution in [0.1, 0.15) is 22.7 Å². The van der Waals surface area contributed by atoms with Crippen LogP contribution in [-0.4, -0.2) is 15.9 Å². The van der Waals surface area contributed by atoms with Gasteiger partial charge in [-0.1, -0.05) is 60.7 Å². The zero-order chi connectivity index (χ0) is 19.7. The van der Waals surface area contributed by atoms with Crippen molar-refractivity contribution in [2.45, 2.75) is 12.6 Å². The van der Waals surface area contributed by atoms with Crippen molar-refractivity contribution < 1.29 is 18.7 Å². The number of amides is 1. The van der Waals surface area contributed by atoms with E-state index in [2.05, 4.69) is 0 Å². The summed E-state index contributed by atoms with van der Waals surface area (Å²) < 4.78 is 28.0. The topological polar surface area (TPSA) is 40.5 Å². The Labute approximate surface area is 161 Å². The zero-order valence-electron chi connectivity index (χ0n) is 14.8. The van der Waals surface area contributed by atoms with Crippen LogP contribution in [0.5, 0.6) is 0 Å². The quantitative estimate of drug-likeness (QED) is 0.694. The number of nitrogens with zero attached hydrogens (tertiary/aromatic N) is 1. The van der Waals surface area contributed by atoms with E-state index in [-0.39, 0.29) is 17.7 Å². The van der Waals surface area contributed by atoms with E-state index >= 15 is 0 Å². The number of benzene rings is 3. The number of rotatable bonds is 4. The molecule has 0 saturated heterocycles. The van der Waals surface area contributed by atoms with Crippen molar-refractivity contribution in [1.82, 2.24) is 4.90 Å². The minimum atomic E-state index is -0.820. The van der Waals surface area contributed by atoms with Gasteiger partial charge in [-0.25, -0.2) is 8.78 Å². The van der Waals surface area contributed by atoms with Crippen LogP contribution < -0.4 is 0 Å². The second-order valence-electron chi connectivity index (χ2n) is 6.61. The van der Waals surface area contributed by atoms with E-state index in [1.54, 1.807) is 18.2 Å². The minimum Gasteiger partial charge on any atom is -0.503 e. The molecule has 3 aromatic rings. The molecule has 0 unspecified atom stereocenters. The molecule has 5 heteroatoms. The molecule has 0 spiro atoms. The van der Waals surface area contributed by atoms with Gasteiger partial charge in [0.05, 0.1) is 6.04 Å². The summed E-state index contributed by atoms with van der Waals surface area (Å²) in [7, 11) is 0. The normalized spacial score (nSPS) is 16.7. The summed E-state index contributed by atoms with van der Waals surface area (Å²) in [5, 5.41) is 10.6. The van der Waals surface area contributed by atoms with Crippen molar-refractivity contribution in [2.75, 3.05) is 0 Å². The molecule has 1 amide bonds. The van der Waals surface area contributed by atoms with Crippen LogP contribution >= 0.6 is 0 Å². The summed E-state index contributed by atoms with van der Waals surface area (Å²) in [5.41, 5.74) is 1.86. The number of hydrogen-bond donors (Lipinski definition) is 1. The average Bonchev–Trinajstić information content (AvgIpc) is 2.95. The Morgan fingerprint density at radius 1 is 0.857 bits per heavy atom. The second-order valence-corrected chi connectivity index (χ2v) is 6.61. The summed E-state index contributed by atoms with van der Waals surface area (Å²) >= 11 is 0. The lowest BCUT2D eigenvalue weighted by Gasteiger charge is -2.27. The fourth-order valence-corrected chi connectivity index (χ4v) is 3.54. The van der Waals surface area contributed by atoms with Crippen LogP contribution in [0.25, 0.3) is 5.57 Å². The molecule has 1 aliphatic rings. The molecule has 0 fully saturated rings. The third kappa shape index (κ3) is 3.16. The third-order valence-electron chi connectivity index (χ3n) is 4.85. The van der Waals surface area contributed by atoms with E-state index < -0.39 is 29.3 Å². The number of carbonyl (C=O) groups is 1. The first-order chi connectivity index (χ1) is 13.6. The summed E-state index contributed by atoms with van der Waals surface area (Å²) in [6.07, 6.45) is 0. The van der Waals surface area contributed by atoms with Crippen molar-refractivity contribution >= 4 is 11.5 Å². The third-order valence-corrected chi connectivity index (χ3v) is 4.85. The van der Waals surface area contributed by atoms with Crippen LogP contribution in [0.3, 0.4) is 0 Å². The molecule has 1 atom stereocenters. The maximum Gasteiger partial charge on any atom is 0.290 e. The minimum absolute atomic E-state index is 0.202. The highest BCUT2D eigenvalue weighted by Gasteiger charge is 2.42. The van der Waals surface area contributed by atoms with Crippen molar-refractivity contribution in [3.63, 3.8) is 0 Å². The second kappa shape index (κ2) is 7.27. The molecule has 3 aromatic carbocycles. The van der Waals surface area contributed by atoms with E-state index in [9.17, 15) is 18.7 Å². The van der Waals surface area contributed by atoms with Gasteiger partial charge in [-0.3, -0.25) is 4.79 Å². The molecule has 0 bridgehead atoms. The van der Waals surface area contributed by atoms with Crippen LogP contribution in [0.2, 0.25) is 0 Å². The molecule has 1 heterocycles. The van der Waals surface area contributed by atoms with Crippen molar-refractivity contribution in [2.24, 2.45) is 0 Å². The lowest BCUT2D eigenvalue weighted by molar-refractivity contribution is -0.130. The highest BCUT2D eigenvalue weighted by molar-refractivity contribution is 6.05. The van der Waals surface area contributed by atoms with E-state index in [1.807, 2.05) is 30.3 Å². The van der Waals surface area contributed by atoms with Gasteiger partial charge in [-0.2, -0.15) is 0 Å². The number of halogens is 2. The lowest BCUT2D eigenvalue weighted by atomic mass is 9.93. The number of hydrogen-bond acceptors (Lipinski definition) is 2. The standard InChI is InChI=1S/C23H17F2NO2/c24-17-12-10-16(11-13-17)20-21(18-8-4-5-9-19(18)25)26(23(28)22(20)27)14-15-6-2-1-3-7-15/h1-13,21,27H,14H2/t21-/m1/s1. The number of aliphatic hydroxyl groups excluding tert-OH is 1. The smallest absolute Gasteiger partial charge is 0.290 e. The Morgan fingerprint density at radius 2 is 1.50 bits per heavy atom. The van der Waals surface area contributed by atoms with E-state index in [0.717, 1.165) is 5.56 Å². The van der Waals surface area contributed by atoms with Gasteiger partial charge in [0.1, 0.15) is 11.6 Å². The van der Waals surface area contributed by atoms with Gasteiger partial charge in [0.15, 0.2) is 5.76 Å². The van der Waals surface area contributed by atoms with Gasteiger partial charge in [0.2, 0.25) is 0 Å². The highest BCUT2D eigenvalue weighted by Crippen LogP contribution is 2.44. The molecule has 0 aliphatic carbocycles. The summed E-state index contributed by atoms with van der Waals surface area (Å²) in [5.74, 6) is -1.95. The first-order valence-electron chi connectivity index (χ1n) is 8.84. The first-order valence-corrected chi connectivity index (χ1v) is 8.84. The molecule has 4 rings (SSSR count). The summed E-state index contributed by atoms with van der Waals surface area (Å²) in [4.78, 5) is 14.3. The molecular weight excluding hydrogens is 360 g/mol. The predicted octanol–water partition coefficient (Wildman–Crippen LogP) is 5.02. The van der Waals surface area contributed by atoms with Crippen LogP contribution in [0.4, 0.5) is 8.78 Å². The van der Waals surface area contributed by atoms with Crippen LogP contribution in [0, 0.1) is 11.6 Å². The molecule has 140 valence electrons. The molecule has 0 saturated carbocycles. The fourth-order valence-electron chi connectivity index (χ4n) is 3.54. The van der Waals surface area contributed by atoms with E-state index in [4.69, 9.17) is 0 Å². The van der Waals surface area contributed by atoms with E-state index in [0.29, 0.717) is 5.56 Å². The Morgan fingerprint density at radius 3 is 2.18 bits per heavy atom. The van der Waals surface area contributed by atoms with Crippen LogP contribution in [0.15, 0.2) is 84.6 Å². The van der Waals surface area contributed by atoms with Crippen molar-refractivity contribution in [1.29, 1.82) is 0 Å². The monoisotopic (exact) mass is 377 g/mol. The van der Waals surface area contributed by atoms with Gasteiger partial charge >= 0.3 is 0 Å². The largest absolute Gasteiger partial charge is 0.503 e. The van der Waals surface area contributed by atoms with Gasteiger partial charge in [-0.05, 0) is 29.3 Å². The molecule has 1 N–H and O–H groups in total. The maximum absolute atomic E-state index is 14.7. The molecule has 1 aliphatic heterocycles. The molecule has 3 nitrogen and oxygen atoms in total. The molecule has 28 heavy (non-hydrogen) atoms. The Kier molecular flexibility index (Phi) is 4.65. The fraction of sp³-hybridized carbons (Fsp3) is 0.0870. The molecular formula is C23H17F2NO2. The maximum atomic E-state index is 14.7. The van der Waals surface area contributed by atoms with Crippen LogP contribution in [-0.2, 0) is 11.3 Å². The summed E-state index contributed by atoms with van der Waals surface area (Å²) in [6, 6.07) is 20.1. The highest BCUT2D eigenvalue weighted by atomic mass is 19.1. The Bertz CT molecular complexity index is 1050. The Hall–Kier alpha value is -3.47.